The van der Waals surface area contributed by atoms with Gasteiger partial charge < -0.3 is 16.0 Å². The summed E-state index contributed by atoms with van der Waals surface area (Å²) in [7, 11) is 1.62. The van der Waals surface area contributed by atoms with E-state index in [4.69, 9.17) is 5.73 Å². The Hall–Kier alpha value is -1.89. The zero-order valence-corrected chi connectivity index (χ0v) is 14.7. The third kappa shape index (κ3) is 5.67. The molecule has 1 rings (SSSR count). The van der Waals surface area contributed by atoms with E-state index in [1.54, 1.807) is 37.1 Å². The summed E-state index contributed by atoms with van der Waals surface area (Å²) in [6.45, 7) is 8.21. The Bertz CT molecular complexity index is 515. The largest absolute Gasteiger partial charge is 0.348 e. The summed E-state index contributed by atoms with van der Waals surface area (Å²) in [6, 6.07) is 1.31. The number of amides is 2. The van der Waals surface area contributed by atoms with Crippen molar-refractivity contribution in [3.05, 3.63) is 18.5 Å². The summed E-state index contributed by atoms with van der Waals surface area (Å²) < 4.78 is 1.57. The van der Waals surface area contributed by atoms with Crippen LogP contribution in [-0.4, -0.2) is 52.2 Å². The van der Waals surface area contributed by atoms with Gasteiger partial charge in [-0.15, -0.1) is 0 Å². The molecule has 23 heavy (non-hydrogen) atoms. The topological polar surface area (TPSA) is 93.3 Å². The minimum atomic E-state index is -0.456. The second kappa shape index (κ2) is 8.10. The fourth-order valence-electron chi connectivity index (χ4n) is 2.70. The van der Waals surface area contributed by atoms with Crippen LogP contribution in [-0.2, 0) is 9.59 Å². The molecule has 7 nitrogen and oxygen atoms in total. The third-order valence-electron chi connectivity index (χ3n) is 3.79. The van der Waals surface area contributed by atoms with Crippen LogP contribution in [0, 0.1) is 5.92 Å². The van der Waals surface area contributed by atoms with E-state index in [1.165, 1.54) is 4.90 Å². The fourth-order valence-corrected chi connectivity index (χ4v) is 2.70. The van der Waals surface area contributed by atoms with Gasteiger partial charge in [0.1, 0.15) is 6.04 Å². The molecule has 2 atom stereocenters. The van der Waals surface area contributed by atoms with Crippen LogP contribution < -0.4 is 11.1 Å². The van der Waals surface area contributed by atoms with Crippen molar-refractivity contribution < 1.29 is 9.59 Å². The highest BCUT2D eigenvalue weighted by molar-refractivity contribution is 5.86. The van der Waals surface area contributed by atoms with Crippen LogP contribution in [0.1, 0.15) is 40.2 Å². The number of carbonyl (C=O) groups is 2. The van der Waals surface area contributed by atoms with Gasteiger partial charge in [-0.1, -0.05) is 13.8 Å². The number of rotatable bonds is 8. The van der Waals surface area contributed by atoms with Crippen molar-refractivity contribution in [2.45, 2.75) is 45.7 Å². The molecule has 0 saturated carbocycles. The standard InChI is InChI=1S/C16H29N5O2/c1-12(2)9-16(4,11-17)19-14(22)10-20(5)15(23)13(3)21-8-6-7-18-21/h6-8,12-13H,9-11,17H2,1-5H3,(H,19,22). The van der Waals surface area contributed by atoms with E-state index in [-0.39, 0.29) is 18.4 Å². The summed E-state index contributed by atoms with van der Waals surface area (Å²) in [5, 5.41) is 7.01. The molecule has 1 aromatic rings. The number of aromatic nitrogens is 2. The lowest BCUT2D eigenvalue weighted by atomic mass is 9.90. The number of likely N-dealkylation sites (N-methyl/N-ethyl adjacent to an activating group) is 1. The molecule has 0 aliphatic heterocycles. The molecule has 0 radical (unpaired) electrons. The highest BCUT2D eigenvalue weighted by Gasteiger charge is 2.27. The van der Waals surface area contributed by atoms with Crippen molar-refractivity contribution in [2.24, 2.45) is 11.7 Å². The van der Waals surface area contributed by atoms with E-state index in [9.17, 15) is 9.59 Å². The maximum absolute atomic E-state index is 12.4. The maximum atomic E-state index is 12.4. The normalized spacial score (nSPS) is 15.1. The highest BCUT2D eigenvalue weighted by Crippen LogP contribution is 2.15. The Morgan fingerprint density at radius 3 is 2.52 bits per heavy atom. The lowest BCUT2D eigenvalue weighted by Gasteiger charge is -2.32. The minimum absolute atomic E-state index is 0.00186. The van der Waals surface area contributed by atoms with Gasteiger partial charge in [0.25, 0.3) is 0 Å². The van der Waals surface area contributed by atoms with E-state index in [2.05, 4.69) is 24.3 Å². The minimum Gasteiger partial charge on any atom is -0.348 e. The molecule has 2 unspecified atom stereocenters. The Morgan fingerprint density at radius 2 is 2.04 bits per heavy atom. The van der Waals surface area contributed by atoms with Gasteiger partial charge in [0, 0.05) is 31.5 Å². The number of nitrogens with zero attached hydrogens (tertiary/aromatic N) is 3. The van der Waals surface area contributed by atoms with Gasteiger partial charge in [0.2, 0.25) is 11.8 Å². The van der Waals surface area contributed by atoms with Crippen molar-refractivity contribution in [1.82, 2.24) is 20.0 Å². The van der Waals surface area contributed by atoms with Crippen molar-refractivity contribution >= 4 is 11.8 Å². The Kier molecular flexibility index (Phi) is 6.75. The van der Waals surface area contributed by atoms with Crippen LogP contribution in [0.5, 0.6) is 0 Å². The quantitative estimate of drug-likeness (QED) is 0.739. The van der Waals surface area contributed by atoms with E-state index < -0.39 is 11.6 Å². The number of nitrogens with two attached hydrogens (primary N) is 1. The van der Waals surface area contributed by atoms with E-state index in [1.807, 2.05) is 6.92 Å². The average molecular weight is 323 g/mol. The number of hydrogen-bond acceptors (Lipinski definition) is 4. The summed E-state index contributed by atoms with van der Waals surface area (Å²) in [6.07, 6.45) is 4.14. The average Bonchev–Trinajstić information content (AvgIpc) is 2.98. The Morgan fingerprint density at radius 1 is 1.39 bits per heavy atom. The number of nitrogens with one attached hydrogen (secondary N) is 1. The maximum Gasteiger partial charge on any atom is 0.247 e. The molecule has 130 valence electrons. The lowest BCUT2D eigenvalue weighted by Crippen LogP contribution is -2.54. The van der Waals surface area contributed by atoms with Gasteiger partial charge >= 0.3 is 0 Å². The van der Waals surface area contributed by atoms with Crippen LogP contribution >= 0.6 is 0 Å². The summed E-state index contributed by atoms with van der Waals surface area (Å²) in [5.74, 6) is 0.0484. The molecular formula is C16H29N5O2. The molecule has 1 aromatic heterocycles. The second-order valence-corrected chi connectivity index (χ2v) is 6.77. The molecule has 0 aliphatic rings. The van der Waals surface area contributed by atoms with Crippen molar-refractivity contribution in [2.75, 3.05) is 20.1 Å². The highest BCUT2D eigenvalue weighted by atomic mass is 16.2. The van der Waals surface area contributed by atoms with Crippen LogP contribution in [0.4, 0.5) is 0 Å². The van der Waals surface area contributed by atoms with E-state index in [0.717, 1.165) is 6.42 Å². The lowest BCUT2D eigenvalue weighted by molar-refractivity contribution is -0.137. The zero-order valence-electron chi connectivity index (χ0n) is 14.7. The first-order valence-corrected chi connectivity index (χ1v) is 7.93. The molecule has 0 saturated heterocycles. The molecular weight excluding hydrogens is 294 g/mol. The SMILES string of the molecule is CC(C)CC(C)(CN)NC(=O)CN(C)C(=O)C(C)n1cccn1. The van der Waals surface area contributed by atoms with E-state index in [0.29, 0.717) is 12.5 Å². The van der Waals surface area contributed by atoms with Gasteiger partial charge in [-0.05, 0) is 32.3 Å². The molecule has 0 fully saturated rings. The van der Waals surface area contributed by atoms with Gasteiger partial charge in [-0.2, -0.15) is 5.10 Å². The van der Waals surface area contributed by atoms with E-state index >= 15 is 0 Å². The first kappa shape index (κ1) is 19.2. The van der Waals surface area contributed by atoms with Crippen LogP contribution in [0.15, 0.2) is 18.5 Å². The molecule has 3 N–H and O–H groups in total. The van der Waals surface area contributed by atoms with Crippen LogP contribution in [0.3, 0.4) is 0 Å². The summed E-state index contributed by atoms with van der Waals surface area (Å²) in [5.41, 5.74) is 5.34. The number of carbonyl (C=O) groups excluding carboxylic acids is 2. The van der Waals surface area contributed by atoms with Crippen molar-refractivity contribution in [3.8, 4) is 0 Å². The van der Waals surface area contributed by atoms with Gasteiger partial charge in [-0.3, -0.25) is 14.3 Å². The van der Waals surface area contributed by atoms with Gasteiger partial charge in [0.15, 0.2) is 0 Å². The first-order valence-electron chi connectivity index (χ1n) is 7.93. The monoisotopic (exact) mass is 323 g/mol. The molecule has 7 heteroatoms. The van der Waals surface area contributed by atoms with Crippen LogP contribution in [0.25, 0.3) is 0 Å². The molecule has 1 heterocycles. The van der Waals surface area contributed by atoms with Gasteiger partial charge in [0.05, 0.1) is 6.54 Å². The molecule has 0 aliphatic carbocycles. The van der Waals surface area contributed by atoms with Crippen LogP contribution in [0.2, 0.25) is 0 Å². The second-order valence-electron chi connectivity index (χ2n) is 6.77. The summed E-state index contributed by atoms with van der Waals surface area (Å²) >= 11 is 0. The summed E-state index contributed by atoms with van der Waals surface area (Å²) in [4.78, 5) is 26.0. The smallest absolute Gasteiger partial charge is 0.247 e. The van der Waals surface area contributed by atoms with Gasteiger partial charge in [-0.25, -0.2) is 0 Å². The zero-order chi connectivity index (χ0) is 17.6. The van der Waals surface area contributed by atoms with Crippen molar-refractivity contribution in [3.63, 3.8) is 0 Å². The Balaban J connectivity index is 2.60. The predicted octanol–water partition coefficient (Wildman–Crippen LogP) is 0.782. The fraction of sp³-hybridized carbons (Fsp3) is 0.688. The Labute approximate surface area is 138 Å². The van der Waals surface area contributed by atoms with Crippen molar-refractivity contribution in [1.29, 1.82) is 0 Å². The first-order chi connectivity index (χ1) is 10.7. The predicted molar refractivity (Wildman–Crippen MR) is 89.6 cm³/mol. The molecule has 0 aromatic carbocycles. The number of hydrogen-bond donors (Lipinski definition) is 2. The molecule has 2 amide bonds. The third-order valence-corrected chi connectivity index (χ3v) is 3.79. The molecule has 0 spiro atoms. The molecule has 0 bridgehead atoms.